The lowest BCUT2D eigenvalue weighted by molar-refractivity contribution is -0.137. The summed E-state index contributed by atoms with van der Waals surface area (Å²) in [5, 5.41) is 0. The third kappa shape index (κ3) is 3.46. The fourth-order valence-corrected chi connectivity index (χ4v) is 2.19. The van der Waals surface area contributed by atoms with Crippen LogP contribution in [0.4, 0.5) is 13.2 Å². The molecule has 96 valence electrons. The van der Waals surface area contributed by atoms with Crippen molar-refractivity contribution in [1.29, 1.82) is 0 Å². The van der Waals surface area contributed by atoms with Crippen molar-refractivity contribution in [1.82, 2.24) is 0 Å². The molecular weight excluding hydrogens is 227 g/mol. The number of halogens is 3. The molecule has 1 aromatic carbocycles. The van der Waals surface area contributed by atoms with Gasteiger partial charge >= 0.3 is 6.18 Å². The highest BCUT2D eigenvalue weighted by molar-refractivity contribution is 5.28. The van der Waals surface area contributed by atoms with Gasteiger partial charge in [-0.2, -0.15) is 13.2 Å². The van der Waals surface area contributed by atoms with E-state index in [4.69, 9.17) is 5.73 Å². The van der Waals surface area contributed by atoms with Crippen LogP contribution in [-0.4, -0.2) is 6.04 Å². The summed E-state index contributed by atoms with van der Waals surface area (Å²) in [5.41, 5.74) is 6.12. The van der Waals surface area contributed by atoms with Crippen LogP contribution >= 0.6 is 0 Å². The van der Waals surface area contributed by atoms with Crippen LogP contribution in [0.2, 0.25) is 0 Å². The van der Waals surface area contributed by atoms with Crippen LogP contribution in [0.5, 0.6) is 0 Å². The number of hydrogen-bond donors (Lipinski definition) is 1. The Balaban J connectivity index is 3.01. The number of hydrogen-bond acceptors (Lipinski definition) is 1. The first-order valence-electron chi connectivity index (χ1n) is 5.66. The average Bonchev–Trinajstić information content (AvgIpc) is 2.15. The van der Waals surface area contributed by atoms with Crippen LogP contribution in [0.3, 0.4) is 0 Å². The SMILES string of the molecule is CC(C)C(c1ccc(C(F)(F)F)cc1)C(C)N. The highest BCUT2D eigenvalue weighted by Gasteiger charge is 2.30. The van der Waals surface area contributed by atoms with Gasteiger partial charge in [-0.1, -0.05) is 26.0 Å². The van der Waals surface area contributed by atoms with Crippen LogP contribution < -0.4 is 5.73 Å². The Morgan fingerprint density at radius 2 is 1.47 bits per heavy atom. The topological polar surface area (TPSA) is 26.0 Å². The molecule has 0 amide bonds. The minimum atomic E-state index is -4.28. The lowest BCUT2D eigenvalue weighted by Crippen LogP contribution is -2.28. The summed E-state index contributed by atoms with van der Waals surface area (Å²) in [4.78, 5) is 0. The molecule has 0 aliphatic rings. The number of alkyl halides is 3. The number of rotatable bonds is 3. The van der Waals surface area contributed by atoms with Crippen LogP contribution in [0.15, 0.2) is 24.3 Å². The maximum absolute atomic E-state index is 12.4. The molecule has 1 nitrogen and oxygen atoms in total. The van der Waals surface area contributed by atoms with E-state index in [2.05, 4.69) is 0 Å². The van der Waals surface area contributed by atoms with E-state index in [1.165, 1.54) is 12.1 Å². The van der Waals surface area contributed by atoms with Crippen LogP contribution in [0.1, 0.15) is 37.8 Å². The van der Waals surface area contributed by atoms with Gasteiger partial charge in [-0.05, 0) is 30.5 Å². The average molecular weight is 245 g/mol. The Bertz CT molecular complexity index is 344. The second kappa shape index (κ2) is 5.08. The molecule has 17 heavy (non-hydrogen) atoms. The number of nitrogens with two attached hydrogens (primary N) is 1. The summed E-state index contributed by atoms with van der Waals surface area (Å²) in [6.07, 6.45) is -4.28. The van der Waals surface area contributed by atoms with Gasteiger partial charge < -0.3 is 5.73 Å². The molecule has 2 N–H and O–H groups in total. The third-order valence-electron chi connectivity index (χ3n) is 2.91. The second-order valence-electron chi connectivity index (χ2n) is 4.75. The summed E-state index contributed by atoms with van der Waals surface area (Å²) < 4.78 is 37.2. The molecule has 0 fully saturated rings. The van der Waals surface area contributed by atoms with E-state index >= 15 is 0 Å². The molecule has 0 saturated carbocycles. The van der Waals surface area contributed by atoms with E-state index in [0.29, 0.717) is 5.92 Å². The van der Waals surface area contributed by atoms with Crippen molar-refractivity contribution in [2.75, 3.05) is 0 Å². The van der Waals surface area contributed by atoms with Gasteiger partial charge in [0.25, 0.3) is 0 Å². The molecule has 0 spiro atoms. The highest BCUT2D eigenvalue weighted by atomic mass is 19.4. The quantitative estimate of drug-likeness (QED) is 0.861. The van der Waals surface area contributed by atoms with E-state index in [-0.39, 0.29) is 12.0 Å². The zero-order chi connectivity index (χ0) is 13.2. The minimum absolute atomic E-state index is 0.0771. The van der Waals surface area contributed by atoms with E-state index in [1.807, 2.05) is 20.8 Å². The first kappa shape index (κ1) is 14.0. The standard InChI is InChI=1S/C13H18F3N/c1-8(2)12(9(3)17)10-4-6-11(7-5-10)13(14,15)16/h4-9,12H,17H2,1-3H3. The molecule has 0 heterocycles. The molecule has 0 aliphatic carbocycles. The first-order valence-corrected chi connectivity index (χ1v) is 5.66. The van der Waals surface area contributed by atoms with Crippen LogP contribution in [-0.2, 0) is 6.18 Å². The Hall–Kier alpha value is -1.03. The van der Waals surface area contributed by atoms with Crippen molar-refractivity contribution in [3.05, 3.63) is 35.4 Å². The summed E-state index contributed by atoms with van der Waals surface area (Å²) in [6.45, 7) is 5.92. The smallest absolute Gasteiger partial charge is 0.327 e. The van der Waals surface area contributed by atoms with Gasteiger partial charge in [0.05, 0.1) is 5.56 Å². The van der Waals surface area contributed by atoms with E-state index in [1.54, 1.807) is 0 Å². The van der Waals surface area contributed by atoms with Gasteiger partial charge in [-0.3, -0.25) is 0 Å². The van der Waals surface area contributed by atoms with Gasteiger partial charge in [-0.25, -0.2) is 0 Å². The zero-order valence-electron chi connectivity index (χ0n) is 10.3. The maximum Gasteiger partial charge on any atom is 0.416 e. The molecule has 1 aromatic rings. The highest BCUT2D eigenvalue weighted by Crippen LogP contribution is 2.32. The predicted octanol–water partition coefficient (Wildman–Crippen LogP) is 3.79. The normalized spacial score (nSPS) is 16.0. The van der Waals surface area contributed by atoms with E-state index in [9.17, 15) is 13.2 Å². The molecule has 0 bridgehead atoms. The van der Waals surface area contributed by atoms with Crippen molar-refractivity contribution >= 4 is 0 Å². The second-order valence-corrected chi connectivity index (χ2v) is 4.75. The molecule has 1 rings (SSSR count). The maximum atomic E-state index is 12.4. The Morgan fingerprint density at radius 1 is 1.00 bits per heavy atom. The van der Waals surface area contributed by atoms with Crippen molar-refractivity contribution in [3.8, 4) is 0 Å². The lowest BCUT2D eigenvalue weighted by atomic mass is 9.83. The predicted molar refractivity (Wildman–Crippen MR) is 62.7 cm³/mol. The van der Waals surface area contributed by atoms with Crippen molar-refractivity contribution in [3.63, 3.8) is 0 Å². The summed E-state index contributed by atoms with van der Waals surface area (Å²) in [7, 11) is 0. The lowest BCUT2D eigenvalue weighted by Gasteiger charge is -2.25. The van der Waals surface area contributed by atoms with Gasteiger partial charge in [0, 0.05) is 12.0 Å². The summed E-state index contributed by atoms with van der Waals surface area (Å²) in [6, 6.07) is 5.21. The van der Waals surface area contributed by atoms with Gasteiger partial charge in [0.2, 0.25) is 0 Å². The largest absolute Gasteiger partial charge is 0.416 e. The number of benzene rings is 1. The molecule has 0 radical (unpaired) electrons. The summed E-state index contributed by atoms with van der Waals surface area (Å²) in [5.74, 6) is 0.379. The summed E-state index contributed by atoms with van der Waals surface area (Å²) >= 11 is 0. The minimum Gasteiger partial charge on any atom is -0.327 e. The molecule has 2 unspecified atom stereocenters. The Labute approximate surface area is 99.8 Å². The molecule has 0 aliphatic heterocycles. The van der Waals surface area contributed by atoms with Crippen molar-refractivity contribution < 1.29 is 13.2 Å². The van der Waals surface area contributed by atoms with E-state index < -0.39 is 11.7 Å². The van der Waals surface area contributed by atoms with Gasteiger partial charge in [-0.15, -0.1) is 0 Å². The Kier molecular flexibility index (Phi) is 4.20. The van der Waals surface area contributed by atoms with Crippen molar-refractivity contribution in [2.45, 2.75) is 38.9 Å². The van der Waals surface area contributed by atoms with Crippen LogP contribution in [0.25, 0.3) is 0 Å². The third-order valence-corrected chi connectivity index (χ3v) is 2.91. The van der Waals surface area contributed by atoms with E-state index in [0.717, 1.165) is 17.7 Å². The molecule has 2 atom stereocenters. The molecule has 4 heteroatoms. The van der Waals surface area contributed by atoms with Crippen molar-refractivity contribution in [2.24, 2.45) is 11.7 Å². The van der Waals surface area contributed by atoms with Gasteiger partial charge in [0.1, 0.15) is 0 Å². The monoisotopic (exact) mass is 245 g/mol. The Morgan fingerprint density at radius 3 is 1.76 bits per heavy atom. The van der Waals surface area contributed by atoms with Gasteiger partial charge in [0.15, 0.2) is 0 Å². The zero-order valence-corrected chi connectivity index (χ0v) is 10.3. The fraction of sp³-hybridized carbons (Fsp3) is 0.538. The fourth-order valence-electron chi connectivity index (χ4n) is 2.19. The molecular formula is C13H18F3N. The first-order chi connectivity index (χ1) is 7.73. The van der Waals surface area contributed by atoms with Crippen LogP contribution in [0, 0.1) is 5.92 Å². The molecule has 0 saturated heterocycles. The molecule has 0 aromatic heterocycles.